The smallest absolute Gasteiger partial charge is 0.337 e. The highest BCUT2D eigenvalue weighted by molar-refractivity contribution is 6.02. The molecule has 24 heteroatoms. The SMILES string of the molecule is CC(=O)O.FF.N.N#Cc1ccc(-c2ncc(-c3ccccc3)[nH]2)cn1.N#Cc1ccc(C(=O)NCC(=O)c2ccccc2)cn1.N#Cc1ccc(C(=O)O)cn1.NCC(=O)c1ccccc1.NCc1ccc(-c2ncc(-c3ccccc3)[nH]2)cn1. The fraction of sp³-hybridized carbons (Fsp3) is 0.0645. The minimum absolute atomic E-state index is 0. The van der Waals surface area contributed by atoms with Crippen molar-refractivity contribution >= 4 is 29.4 Å². The summed E-state index contributed by atoms with van der Waals surface area (Å²) in [4.78, 5) is 84.7. The van der Waals surface area contributed by atoms with E-state index in [1.165, 1.54) is 30.5 Å². The fourth-order valence-corrected chi connectivity index (χ4v) is 6.66. The second-order valence-corrected chi connectivity index (χ2v) is 16.7. The largest absolute Gasteiger partial charge is 0.481 e. The molecule has 0 atom stereocenters. The summed E-state index contributed by atoms with van der Waals surface area (Å²) in [5, 5.41) is 44.0. The van der Waals surface area contributed by atoms with Crippen LogP contribution in [0.25, 0.3) is 45.3 Å². The third-order valence-corrected chi connectivity index (χ3v) is 10.8. The lowest BCUT2D eigenvalue weighted by molar-refractivity contribution is -0.134. The number of benzene rings is 4. The Morgan fingerprint density at radius 1 is 0.477 bits per heavy atom. The number of halogens is 2. The normalized spacial score (nSPS) is 9.33. The lowest BCUT2D eigenvalue weighted by Gasteiger charge is -2.04. The van der Waals surface area contributed by atoms with Crippen LogP contribution in [0.3, 0.4) is 0 Å². The Labute approximate surface area is 491 Å². The summed E-state index contributed by atoms with van der Waals surface area (Å²) < 4.78 is 16.0. The van der Waals surface area contributed by atoms with E-state index < -0.39 is 17.8 Å². The molecule has 86 heavy (non-hydrogen) atoms. The van der Waals surface area contributed by atoms with E-state index >= 15 is 0 Å². The monoisotopic (exact) mass is 1160 g/mol. The summed E-state index contributed by atoms with van der Waals surface area (Å²) in [6.07, 6.45) is 9.52. The number of Topliss-reactive ketones (excluding diaryl/α,β-unsaturated/α-hetero) is 2. The Kier molecular flexibility index (Phi) is 29.9. The van der Waals surface area contributed by atoms with Crippen LogP contribution in [0.5, 0.6) is 0 Å². The van der Waals surface area contributed by atoms with Crippen LogP contribution in [-0.2, 0) is 11.3 Å². The predicted octanol–water partition coefficient (Wildman–Crippen LogP) is 9.75. The summed E-state index contributed by atoms with van der Waals surface area (Å²) in [5.74, 6) is -0.889. The summed E-state index contributed by atoms with van der Waals surface area (Å²) >= 11 is 0. The number of hydrogen-bond acceptors (Lipinski definition) is 17. The van der Waals surface area contributed by atoms with Gasteiger partial charge in [0, 0.05) is 69.7 Å². The van der Waals surface area contributed by atoms with Crippen molar-refractivity contribution in [3.8, 4) is 63.5 Å². The number of ketones is 2. The van der Waals surface area contributed by atoms with Gasteiger partial charge in [-0.05, 0) is 59.7 Å². The van der Waals surface area contributed by atoms with Crippen molar-refractivity contribution in [2.45, 2.75) is 13.5 Å². The van der Waals surface area contributed by atoms with Crippen LogP contribution in [0.1, 0.15) is 71.1 Å². The molecule has 0 saturated carbocycles. The van der Waals surface area contributed by atoms with Crippen molar-refractivity contribution in [2.75, 3.05) is 13.1 Å². The number of H-pyrrole nitrogens is 2. The molecule has 0 unspecified atom stereocenters. The van der Waals surface area contributed by atoms with E-state index in [-0.39, 0.29) is 47.8 Å². The first-order valence-corrected chi connectivity index (χ1v) is 24.9. The number of carboxylic acids is 2. The van der Waals surface area contributed by atoms with Crippen LogP contribution in [0.4, 0.5) is 9.15 Å². The molecule has 0 aliphatic carbocycles. The van der Waals surface area contributed by atoms with Gasteiger partial charge in [0.05, 0.1) is 53.7 Å². The van der Waals surface area contributed by atoms with E-state index in [0.29, 0.717) is 28.9 Å². The average molecular weight is 1160 g/mol. The van der Waals surface area contributed by atoms with Crippen LogP contribution in [0, 0.1) is 34.0 Å². The van der Waals surface area contributed by atoms with Gasteiger partial charge < -0.3 is 43.1 Å². The Bertz CT molecular complexity index is 3800. The molecule has 0 bridgehead atoms. The van der Waals surface area contributed by atoms with Gasteiger partial charge in [-0.1, -0.05) is 121 Å². The maximum absolute atomic E-state index is 11.8. The number of aromatic nitrogens is 8. The topological polar surface area (TPSA) is 405 Å². The zero-order valence-corrected chi connectivity index (χ0v) is 45.8. The maximum atomic E-state index is 11.8. The Morgan fingerprint density at radius 3 is 1.21 bits per heavy atom. The van der Waals surface area contributed by atoms with Crippen molar-refractivity contribution in [3.63, 3.8) is 0 Å². The molecule has 6 heterocycles. The standard InChI is InChI=1S/C15H14N4.C15H10N4.C15H11N3O2.C8H9NO.C7H4N2O2.C2H4O2.F2.H3N/c2*16-8-13-7-6-12(9-17-13)15-18-10-14(19-15)11-4-2-1-3-5-11;16-8-13-7-6-12(9-17-13)15(20)18-10-14(19)11-4-2-1-3-5-11;9-6-8(10)7-4-2-1-3-5-7;8-3-6-2-1-5(4-9-6)7(10)11;1-2(3)4;1-2;/h1-7,9-10H,8,16H2,(H,18,19);1-7,9-10H,(H,18,19);1-7,9H,10H2,(H,18,20);1-5H,6,9H2;1-2,4H,(H,10,11);1H3,(H,3,4);;1H3. The number of nitrogens with zero attached hydrogens (tertiary/aromatic N) is 9. The number of aliphatic carboxylic acids is 1. The average Bonchev–Trinajstić information content (AvgIpc) is 4.49. The first kappa shape index (κ1) is 68.1. The lowest BCUT2D eigenvalue weighted by Crippen LogP contribution is -2.29. The predicted molar refractivity (Wildman–Crippen MR) is 315 cm³/mol. The summed E-state index contributed by atoms with van der Waals surface area (Å²) in [7, 11) is 0. The molecular formula is C62H55F2N15O7. The second kappa shape index (κ2) is 37.7. The molecule has 22 nitrogen and oxygen atoms in total. The molecule has 0 fully saturated rings. The van der Waals surface area contributed by atoms with E-state index in [4.69, 9.17) is 51.4 Å². The van der Waals surface area contributed by atoms with Crippen molar-refractivity contribution < 1.29 is 43.3 Å². The van der Waals surface area contributed by atoms with E-state index in [2.05, 4.69) is 45.2 Å². The van der Waals surface area contributed by atoms with Gasteiger partial charge >= 0.3 is 5.97 Å². The molecule has 0 saturated heterocycles. The number of hydrogen-bond donors (Lipinski definition) is 8. The zero-order chi connectivity index (χ0) is 61.8. The first-order valence-electron chi connectivity index (χ1n) is 24.9. The number of amides is 1. The summed E-state index contributed by atoms with van der Waals surface area (Å²) in [5.41, 5.74) is 20.0. The number of rotatable bonds is 12. The number of carboxylic acid groups (broad SMARTS) is 2. The third kappa shape index (κ3) is 23.1. The van der Waals surface area contributed by atoms with Crippen LogP contribution in [0.15, 0.2) is 207 Å². The lowest BCUT2D eigenvalue weighted by atomic mass is 10.1. The molecule has 434 valence electrons. The van der Waals surface area contributed by atoms with Gasteiger partial charge in [0.15, 0.2) is 11.6 Å². The number of nitrogens with two attached hydrogens (primary N) is 2. The first-order chi connectivity index (χ1) is 41.2. The molecule has 0 aliphatic heterocycles. The fourth-order valence-electron chi connectivity index (χ4n) is 6.66. The molecule has 6 aromatic heterocycles. The minimum atomic E-state index is -1.04. The van der Waals surface area contributed by atoms with Crippen molar-refractivity contribution in [3.05, 3.63) is 252 Å². The highest BCUT2D eigenvalue weighted by Gasteiger charge is 2.11. The number of carbonyl (C=O) groups is 5. The summed E-state index contributed by atoms with van der Waals surface area (Å²) in [6, 6.07) is 56.6. The highest BCUT2D eigenvalue weighted by Crippen LogP contribution is 2.23. The molecule has 1 amide bonds. The number of pyridine rings is 4. The van der Waals surface area contributed by atoms with Crippen LogP contribution in [-0.4, -0.2) is 92.6 Å². The Morgan fingerprint density at radius 2 is 0.860 bits per heavy atom. The van der Waals surface area contributed by atoms with Crippen LogP contribution < -0.4 is 22.9 Å². The van der Waals surface area contributed by atoms with Gasteiger partial charge in [0.25, 0.3) is 11.9 Å². The van der Waals surface area contributed by atoms with Gasteiger partial charge in [-0.15, -0.1) is 0 Å². The van der Waals surface area contributed by atoms with Gasteiger partial charge in [0.1, 0.15) is 46.9 Å². The second-order valence-electron chi connectivity index (χ2n) is 16.7. The molecule has 0 spiro atoms. The van der Waals surface area contributed by atoms with Crippen LogP contribution in [0.2, 0.25) is 0 Å². The number of nitrogens with one attached hydrogen (secondary N) is 3. The molecule has 12 N–H and O–H groups in total. The van der Waals surface area contributed by atoms with Crippen molar-refractivity contribution in [1.29, 1.82) is 15.8 Å². The molecule has 0 radical (unpaired) electrons. The van der Waals surface area contributed by atoms with E-state index in [1.807, 2.05) is 121 Å². The van der Waals surface area contributed by atoms with Gasteiger partial charge in [0.2, 0.25) is 0 Å². The maximum Gasteiger partial charge on any atom is 0.337 e. The molecule has 10 rings (SSSR count). The number of nitriles is 3. The third-order valence-electron chi connectivity index (χ3n) is 10.8. The van der Waals surface area contributed by atoms with Gasteiger partial charge in [-0.2, -0.15) is 15.8 Å². The van der Waals surface area contributed by atoms with Gasteiger partial charge in [-0.3, -0.25) is 24.2 Å². The molecule has 4 aromatic carbocycles. The zero-order valence-electron chi connectivity index (χ0n) is 45.8. The number of aromatic amines is 2. The quantitative estimate of drug-likeness (QED) is 0.0527. The number of imidazole rings is 2. The number of carbonyl (C=O) groups excluding carboxylic acids is 3. The minimum Gasteiger partial charge on any atom is -0.481 e. The molecule has 0 aliphatic rings. The molecule has 10 aromatic rings. The van der Waals surface area contributed by atoms with E-state index in [0.717, 1.165) is 64.1 Å². The number of aromatic carboxylic acids is 1. The van der Waals surface area contributed by atoms with Crippen molar-refractivity contribution in [1.82, 2.24) is 51.3 Å². The Hall–Kier alpha value is -12.1. The van der Waals surface area contributed by atoms with Crippen LogP contribution >= 0.6 is 0 Å². The highest BCUT2D eigenvalue weighted by atomic mass is 20.0. The van der Waals surface area contributed by atoms with E-state index in [9.17, 15) is 19.2 Å². The van der Waals surface area contributed by atoms with Crippen molar-refractivity contribution in [2.24, 2.45) is 11.5 Å². The Balaban J connectivity index is 0.000000280. The van der Waals surface area contributed by atoms with E-state index in [1.54, 1.807) is 67.1 Å². The molecular weight excluding hydrogens is 1100 g/mol. The summed E-state index contributed by atoms with van der Waals surface area (Å²) in [6.45, 7) is 1.54. The van der Waals surface area contributed by atoms with Gasteiger partial charge in [-0.25, -0.2) is 29.7 Å².